The first-order chi connectivity index (χ1) is 13.6. The zero-order valence-electron chi connectivity index (χ0n) is 14.9. The molecule has 2 aromatic carbocycles. The van der Waals surface area contributed by atoms with Gasteiger partial charge >= 0.3 is 6.18 Å². The monoisotopic (exact) mass is 422 g/mol. The molecule has 29 heavy (non-hydrogen) atoms. The first kappa shape index (κ1) is 21.8. The molecule has 10 heteroatoms. The predicted molar refractivity (Wildman–Crippen MR) is 103 cm³/mol. The lowest BCUT2D eigenvalue weighted by Crippen LogP contribution is -2.15. The van der Waals surface area contributed by atoms with Crippen LogP contribution in [-0.2, 0) is 15.8 Å². The number of carbonyl (C=O) groups excluding carboxylic acids is 2. The highest BCUT2D eigenvalue weighted by Crippen LogP contribution is 2.36. The van der Waals surface area contributed by atoms with Crippen molar-refractivity contribution in [2.24, 2.45) is 0 Å². The minimum atomic E-state index is -4.69. The van der Waals surface area contributed by atoms with E-state index in [2.05, 4.69) is 16.0 Å². The summed E-state index contributed by atoms with van der Waals surface area (Å²) in [6, 6.07) is 11.0. The van der Waals surface area contributed by atoms with Crippen LogP contribution in [0.25, 0.3) is 0 Å². The third-order valence-corrected chi connectivity index (χ3v) is 3.79. The molecule has 0 unspecified atom stereocenters. The van der Waals surface area contributed by atoms with Crippen molar-refractivity contribution in [1.82, 2.24) is 0 Å². The van der Waals surface area contributed by atoms with Gasteiger partial charge in [0.05, 0.1) is 10.6 Å². The summed E-state index contributed by atoms with van der Waals surface area (Å²) in [6.45, 7) is 1.35. The van der Waals surface area contributed by atoms with Crippen LogP contribution in [0.2, 0.25) is 5.02 Å². The van der Waals surface area contributed by atoms with Crippen molar-refractivity contribution in [3.8, 4) is 6.07 Å². The molecule has 0 bridgehead atoms. The molecule has 6 nitrogen and oxygen atoms in total. The number of anilines is 3. The number of carbonyl (C=O) groups is 2. The molecule has 0 aliphatic rings. The van der Waals surface area contributed by atoms with Crippen molar-refractivity contribution in [1.29, 1.82) is 5.26 Å². The van der Waals surface area contributed by atoms with Crippen molar-refractivity contribution in [3.63, 3.8) is 0 Å². The number of alkyl halides is 3. The standard InChI is InChI=1S/C19H14ClF3N4O2/c1-11(28)26-14-4-2-3-13(7-14)25-10-12(9-24)18(29)27-15-5-6-17(20)16(8-15)19(21,22)23/h2-8,10,25H,1H3,(H,26,28)(H,27,29)/b12-10-. The fourth-order valence-corrected chi connectivity index (χ4v) is 2.44. The predicted octanol–water partition coefficient (Wildman–Crippen LogP) is 4.78. The minimum Gasteiger partial charge on any atom is -0.360 e. The summed E-state index contributed by atoms with van der Waals surface area (Å²) in [7, 11) is 0. The number of hydrogen-bond acceptors (Lipinski definition) is 4. The molecule has 0 atom stereocenters. The Labute approximate surface area is 169 Å². The van der Waals surface area contributed by atoms with Crippen LogP contribution in [0, 0.1) is 11.3 Å². The molecule has 0 heterocycles. The Balaban J connectivity index is 2.15. The Hall–Kier alpha value is -3.51. The summed E-state index contributed by atoms with van der Waals surface area (Å²) >= 11 is 5.54. The number of nitrogens with zero attached hydrogens (tertiary/aromatic N) is 1. The molecule has 0 spiro atoms. The lowest BCUT2D eigenvalue weighted by atomic mass is 10.2. The smallest absolute Gasteiger partial charge is 0.360 e. The van der Waals surface area contributed by atoms with Crippen molar-refractivity contribution in [2.45, 2.75) is 13.1 Å². The van der Waals surface area contributed by atoms with Crippen molar-refractivity contribution >= 4 is 40.5 Å². The van der Waals surface area contributed by atoms with Gasteiger partial charge in [0.25, 0.3) is 5.91 Å². The molecular formula is C19H14ClF3N4O2. The molecule has 0 saturated heterocycles. The third-order valence-electron chi connectivity index (χ3n) is 3.46. The summed E-state index contributed by atoms with van der Waals surface area (Å²) in [5.41, 5.74) is -0.673. The zero-order valence-corrected chi connectivity index (χ0v) is 15.7. The van der Waals surface area contributed by atoms with Crippen LogP contribution < -0.4 is 16.0 Å². The maximum absolute atomic E-state index is 12.9. The van der Waals surface area contributed by atoms with E-state index in [1.165, 1.54) is 13.0 Å². The average Bonchev–Trinajstić information content (AvgIpc) is 2.62. The van der Waals surface area contributed by atoms with E-state index in [0.29, 0.717) is 17.4 Å². The number of hydrogen-bond donors (Lipinski definition) is 3. The van der Waals surface area contributed by atoms with Gasteiger partial charge in [-0.15, -0.1) is 0 Å². The van der Waals surface area contributed by atoms with Gasteiger partial charge in [0.2, 0.25) is 5.91 Å². The zero-order chi connectivity index (χ0) is 21.6. The van der Waals surface area contributed by atoms with E-state index in [-0.39, 0.29) is 17.2 Å². The molecule has 2 amide bonds. The SMILES string of the molecule is CC(=O)Nc1cccc(N/C=C(/C#N)C(=O)Nc2ccc(Cl)c(C(F)(F)F)c2)c1. The van der Waals surface area contributed by atoms with E-state index >= 15 is 0 Å². The second-order valence-electron chi connectivity index (χ2n) is 5.72. The van der Waals surface area contributed by atoms with Gasteiger partial charge in [-0.05, 0) is 36.4 Å². The molecule has 3 N–H and O–H groups in total. The fraction of sp³-hybridized carbons (Fsp3) is 0.105. The van der Waals surface area contributed by atoms with Crippen LogP contribution in [0.15, 0.2) is 54.2 Å². The van der Waals surface area contributed by atoms with E-state index in [9.17, 15) is 28.0 Å². The molecule has 0 saturated carbocycles. The number of amides is 2. The van der Waals surface area contributed by atoms with E-state index < -0.39 is 22.7 Å². The van der Waals surface area contributed by atoms with Gasteiger partial charge in [0.15, 0.2) is 0 Å². The van der Waals surface area contributed by atoms with E-state index in [1.807, 2.05) is 0 Å². The minimum absolute atomic E-state index is 0.166. The third kappa shape index (κ3) is 6.26. The Bertz CT molecular complexity index is 1010. The molecule has 2 aromatic rings. The summed E-state index contributed by atoms with van der Waals surface area (Å²) in [4.78, 5) is 23.3. The van der Waals surface area contributed by atoms with Crippen LogP contribution in [0.5, 0.6) is 0 Å². The van der Waals surface area contributed by atoms with Crippen LogP contribution in [0.1, 0.15) is 12.5 Å². The van der Waals surface area contributed by atoms with Crippen LogP contribution in [0.3, 0.4) is 0 Å². The number of nitrogens with one attached hydrogen (secondary N) is 3. The molecular weight excluding hydrogens is 409 g/mol. The fourth-order valence-electron chi connectivity index (χ4n) is 2.21. The quantitative estimate of drug-likeness (QED) is 0.477. The molecule has 0 fully saturated rings. The van der Waals surface area contributed by atoms with E-state index in [4.69, 9.17) is 11.6 Å². The maximum Gasteiger partial charge on any atom is 0.417 e. The Kier molecular flexibility index (Phi) is 6.85. The molecule has 0 radical (unpaired) electrons. The normalized spacial score (nSPS) is 11.4. The van der Waals surface area contributed by atoms with Gasteiger partial charge in [-0.3, -0.25) is 9.59 Å². The highest BCUT2D eigenvalue weighted by atomic mass is 35.5. The second-order valence-corrected chi connectivity index (χ2v) is 6.13. The van der Waals surface area contributed by atoms with Crippen LogP contribution in [-0.4, -0.2) is 11.8 Å². The first-order valence-corrected chi connectivity index (χ1v) is 8.40. The van der Waals surface area contributed by atoms with Crippen LogP contribution >= 0.6 is 11.6 Å². The number of halogens is 4. The first-order valence-electron chi connectivity index (χ1n) is 8.02. The Morgan fingerprint density at radius 2 is 1.72 bits per heavy atom. The summed E-state index contributed by atoms with van der Waals surface area (Å²) in [6.07, 6.45) is -3.59. The van der Waals surface area contributed by atoms with Gasteiger partial charge in [0, 0.05) is 30.2 Å². The number of benzene rings is 2. The van der Waals surface area contributed by atoms with Crippen molar-refractivity contribution in [2.75, 3.05) is 16.0 Å². The average molecular weight is 423 g/mol. The van der Waals surface area contributed by atoms with Crippen molar-refractivity contribution in [3.05, 3.63) is 64.8 Å². The molecule has 2 rings (SSSR count). The Morgan fingerprint density at radius 3 is 2.34 bits per heavy atom. The molecule has 0 aliphatic carbocycles. The topological polar surface area (TPSA) is 94.0 Å². The van der Waals surface area contributed by atoms with E-state index in [1.54, 1.807) is 30.3 Å². The number of rotatable bonds is 5. The summed E-state index contributed by atoms with van der Waals surface area (Å²) < 4.78 is 38.7. The van der Waals surface area contributed by atoms with E-state index in [0.717, 1.165) is 12.3 Å². The Morgan fingerprint density at radius 1 is 1.07 bits per heavy atom. The largest absolute Gasteiger partial charge is 0.417 e. The maximum atomic E-state index is 12.9. The van der Waals surface area contributed by atoms with Gasteiger partial charge in [-0.25, -0.2) is 0 Å². The van der Waals surface area contributed by atoms with Crippen molar-refractivity contribution < 1.29 is 22.8 Å². The lowest BCUT2D eigenvalue weighted by molar-refractivity contribution is -0.137. The number of nitriles is 1. The van der Waals surface area contributed by atoms with Gasteiger partial charge in [-0.2, -0.15) is 18.4 Å². The second kappa shape index (κ2) is 9.12. The molecule has 150 valence electrons. The highest BCUT2D eigenvalue weighted by molar-refractivity contribution is 6.31. The summed E-state index contributed by atoms with van der Waals surface area (Å²) in [5, 5.41) is 16.2. The lowest BCUT2D eigenvalue weighted by Gasteiger charge is -2.11. The summed E-state index contributed by atoms with van der Waals surface area (Å²) in [5.74, 6) is -1.18. The van der Waals surface area contributed by atoms with Crippen LogP contribution in [0.4, 0.5) is 30.2 Å². The van der Waals surface area contributed by atoms with Gasteiger partial charge in [0.1, 0.15) is 11.6 Å². The molecule has 0 aliphatic heterocycles. The molecule has 0 aromatic heterocycles. The highest BCUT2D eigenvalue weighted by Gasteiger charge is 2.33. The van der Waals surface area contributed by atoms with Gasteiger partial charge in [-0.1, -0.05) is 17.7 Å². The van der Waals surface area contributed by atoms with Gasteiger partial charge < -0.3 is 16.0 Å².